The van der Waals surface area contributed by atoms with E-state index in [1.165, 1.54) is 4.90 Å². The fourth-order valence-electron chi connectivity index (χ4n) is 3.53. The van der Waals surface area contributed by atoms with Gasteiger partial charge >= 0.3 is 6.09 Å². The summed E-state index contributed by atoms with van der Waals surface area (Å²) in [6.45, 7) is 1.40. The van der Waals surface area contributed by atoms with E-state index in [-0.39, 0.29) is 18.4 Å². The number of nitrogens with two attached hydrogens (primary N) is 1. The van der Waals surface area contributed by atoms with Crippen molar-refractivity contribution in [1.82, 2.24) is 4.90 Å². The first kappa shape index (κ1) is 21.6. The SMILES string of the molecule is NCc1cc(N(Cc2ccccc2)C(=O)C2CCN(C(=O)O)CC2)c(Br)cc1Cl. The molecule has 0 bridgehead atoms. The zero-order valence-corrected chi connectivity index (χ0v) is 18.2. The van der Waals surface area contributed by atoms with Gasteiger partial charge < -0.3 is 20.6 Å². The van der Waals surface area contributed by atoms with E-state index in [9.17, 15) is 9.59 Å². The molecule has 29 heavy (non-hydrogen) atoms. The Kier molecular flexibility index (Phi) is 7.16. The maximum Gasteiger partial charge on any atom is 0.407 e. The minimum Gasteiger partial charge on any atom is -0.465 e. The van der Waals surface area contributed by atoms with Gasteiger partial charge in [-0.05, 0) is 52.0 Å². The Morgan fingerprint density at radius 2 is 1.86 bits per heavy atom. The summed E-state index contributed by atoms with van der Waals surface area (Å²) in [6, 6.07) is 13.4. The smallest absolute Gasteiger partial charge is 0.407 e. The topological polar surface area (TPSA) is 86.9 Å². The lowest BCUT2D eigenvalue weighted by Gasteiger charge is -2.33. The number of hydrogen-bond acceptors (Lipinski definition) is 3. The second kappa shape index (κ2) is 9.61. The van der Waals surface area contributed by atoms with Crippen LogP contribution in [0.5, 0.6) is 0 Å². The Morgan fingerprint density at radius 1 is 1.21 bits per heavy atom. The molecule has 3 N–H and O–H groups in total. The summed E-state index contributed by atoms with van der Waals surface area (Å²) in [7, 11) is 0. The fraction of sp³-hybridized carbons (Fsp3) is 0.333. The monoisotopic (exact) mass is 479 g/mol. The van der Waals surface area contributed by atoms with Gasteiger partial charge in [0, 0.05) is 35.0 Å². The van der Waals surface area contributed by atoms with Crippen LogP contribution in [0.4, 0.5) is 10.5 Å². The molecule has 1 heterocycles. The lowest BCUT2D eigenvalue weighted by Crippen LogP contribution is -2.44. The molecule has 0 atom stereocenters. The molecule has 1 aliphatic heterocycles. The summed E-state index contributed by atoms with van der Waals surface area (Å²) in [4.78, 5) is 27.8. The number of carbonyl (C=O) groups excluding carboxylic acids is 1. The van der Waals surface area contributed by atoms with Gasteiger partial charge in [-0.25, -0.2) is 4.79 Å². The number of carbonyl (C=O) groups is 2. The minimum atomic E-state index is -0.940. The van der Waals surface area contributed by atoms with Gasteiger partial charge in [0.25, 0.3) is 0 Å². The molecule has 0 saturated carbocycles. The Labute approximate surface area is 183 Å². The van der Waals surface area contributed by atoms with E-state index in [0.717, 1.165) is 11.1 Å². The van der Waals surface area contributed by atoms with Crippen LogP contribution in [0.3, 0.4) is 0 Å². The number of hydrogen-bond donors (Lipinski definition) is 2. The quantitative estimate of drug-likeness (QED) is 0.660. The molecule has 0 unspecified atom stereocenters. The second-order valence-electron chi connectivity index (χ2n) is 7.05. The predicted molar refractivity (Wildman–Crippen MR) is 117 cm³/mol. The molecule has 2 amide bonds. The van der Waals surface area contributed by atoms with Crippen molar-refractivity contribution in [3.63, 3.8) is 0 Å². The van der Waals surface area contributed by atoms with Crippen molar-refractivity contribution >= 4 is 45.2 Å². The van der Waals surface area contributed by atoms with Crippen molar-refractivity contribution in [2.75, 3.05) is 18.0 Å². The number of amides is 2. The summed E-state index contributed by atoms with van der Waals surface area (Å²) < 4.78 is 0.715. The van der Waals surface area contributed by atoms with Crippen LogP contribution in [-0.2, 0) is 17.9 Å². The van der Waals surface area contributed by atoms with Crippen LogP contribution < -0.4 is 10.6 Å². The summed E-state index contributed by atoms with van der Waals surface area (Å²) >= 11 is 9.81. The van der Waals surface area contributed by atoms with Crippen molar-refractivity contribution < 1.29 is 14.7 Å². The van der Waals surface area contributed by atoms with E-state index in [4.69, 9.17) is 22.4 Å². The molecule has 1 aliphatic rings. The van der Waals surface area contributed by atoms with Crippen molar-refractivity contribution in [1.29, 1.82) is 0 Å². The number of carboxylic acid groups (broad SMARTS) is 1. The number of nitrogens with zero attached hydrogens (tertiary/aromatic N) is 2. The molecule has 0 radical (unpaired) electrons. The first-order valence-electron chi connectivity index (χ1n) is 9.42. The lowest BCUT2D eigenvalue weighted by atomic mass is 9.95. The van der Waals surface area contributed by atoms with Crippen LogP contribution in [0.25, 0.3) is 0 Å². The Balaban J connectivity index is 1.92. The number of benzene rings is 2. The first-order valence-corrected chi connectivity index (χ1v) is 10.6. The molecule has 3 rings (SSSR count). The number of halogens is 2. The fourth-order valence-corrected chi connectivity index (χ4v) is 4.46. The van der Waals surface area contributed by atoms with E-state index in [1.54, 1.807) is 11.0 Å². The highest BCUT2D eigenvalue weighted by Crippen LogP contribution is 2.35. The van der Waals surface area contributed by atoms with Gasteiger partial charge in [0.1, 0.15) is 0 Å². The van der Waals surface area contributed by atoms with Crippen LogP contribution in [0, 0.1) is 5.92 Å². The number of rotatable bonds is 5. The van der Waals surface area contributed by atoms with Gasteiger partial charge in [-0.3, -0.25) is 4.79 Å². The summed E-state index contributed by atoms with van der Waals surface area (Å²) in [5, 5.41) is 9.71. The van der Waals surface area contributed by atoms with Crippen molar-refractivity contribution in [2.24, 2.45) is 11.7 Å². The van der Waals surface area contributed by atoms with E-state index in [1.807, 2.05) is 36.4 Å². The van der Waals surface area contributed by atoms with Gasteiger partial charge in [0.05, 0.1) is 12.2 Å². The summed E-state index contributed by atoms with van der Waals surface area (Å²) in [5.41, 5.74) is 8.29. The molecule has 8 heteroatoms. The number of likely N-dealkylation sites (tertiary alicyclic amines) is 1. The van der Waals surface area contributed by atoms with E-state index >= 15 is 0 Å². The molecule has 1 saturated heterocycles. The third-order valence-corrected chi connectivity index (χ3v) is 6.18. The van der Waals surface area contributed by atoms with Gasteiger partial charge in [0.15, 0.2) is 0 Å². The zero-order chi connectivity index (χ0) is 21.0. The van der Waals surface area contributed by atoms with Gasteiger partial charge in [-0.2, -0.15) is 0 Å². The molecule has 2 aromatic carbocycles. The van der Waals surface area contributed by atoms with E-state index in [2.05, 4.69) is 15.9 Å². The summed E-state index contributed by atoms with van der Waals surface area (Å²) in [5.74, 6) is -0.261. The Bertz CT molecular complexity index is 886. The average Bonchev–Trinajstić information content (AvgIpc) is 2.73. The highest BCUT2D eigenvalue weighted by molar-refractivity contribution is 9.10. The Morgan fingerprint density at radius 3 is 2.45 bits per heavy atom. The lowest BCUT2D eigenvalue weighted by molar-refractivity contribution is -0.123. The van der Waals surface area contributed by atoms with E-state index in [0.29, 0.717) is 47.7 Å². The zero-order valence-electron chi connectivity index (χ0n) is 15.9. The molecule has 0 aliphatic carbocycles. The van der Waals surface area contributed by atoms with Gasteiger partial charge in [0.2, 0.25) is 5.91 Å². The highest BCUT2D eigenvalue weighted by atomic mass is 79.9. The third kappa shape index (κ3) is 5.10. The van der Waals surface area contributed by atoms with Crippen molar-refractivity contribution in [2.45, 2.75) is 25.9 Å². The maximum atomic E-state index is 13.5. The largest absolute Gasteiger partial charge is 0.465 e. The number of piperidine rings is 1. The molecule has 154 valence electrons. The molecular weight excluding hydrogens is 458 g/mol. The van der Waals surface area contributed by atoms with Gasteiger partial charge in [-0.15, -0.1) is 0 Å². The first-order chi connectivity index (χ1) is 13.9. The normalized spacial score (nSPS) is 14.7. The highest BCUT2D eigenvalue weighted by Gasteiger charge is 2.31. The van der Waals surface area contributed by atoms with Crippen LogP contribution in [-0.4, -0.2) is 35.1 Å². The predicted octanol–water partition coefficient (Wildman–Crippen LogP) is 4.48. The minimum absolute atomic E-state index is 0.0233. The molecular formula is C21H23BrClN3O3. The van der Waals surface area contributed by atoms with Gasteiger partial charge in [-0.1, -0.05) is 41.9 Å². The number of anilines is 1. The molecule has 0 spiro atoms. The average molecular weight is 481 g/mol. The molecule has 1 fully saturated rings. The Hall–Kier alpha value is -2.09. The summed E-state index contributed by atoms with van der Waals surface area (Å²) in [6.07, 6.45) is 0.0709. The van der Waals surface area contributed by atoms with Crippen LogP contribution in [0.2, 0.25) is 5.02 Å². The standard InChI is InChI=1S/C21H23BrClN3O3/c22-17-11-18(23)16(12-24)10-19(17)26(13-14-4-2-1-3-5-14)20(27)15-6-8-25(9-7-15)21(28)29/h1-5,10-11,15H,6-9,12-13,24H2,(H,28,29). The van der Waals surface area contributed by atoms with Crippen LogP contribution >= 0.6 is 27.5 Å². The molecule has 2 aromatic rings. The maximum absolute atomic E-state index is 13.5. The van der Waals surface area contributed by atoms with Crippen molar-refractivity contribution in [3.05, 3.63) is 63.1 Å². The molecule has 0 aromatic heterocycles. The van der Waals surface area contributed by atoms with Crippen molar-refractivity contribution in [3.8, 4) is 0 Å². The third-order valence-electron chi connectivity index (χ3n) is 5.19. The second-order valence-corrected chi connectivity index (χ2v) is 8.31. The van der Waals surface area contributed by atoms with E-state index < -0.39 is 6.09 Å². The van der Waals surface area contributed by atoms with Crippen LogP contribution in [0.1, 0.15) is 24.0 Å². The van der Waals surface area contributed by atoms with Crippen LogP contribution in [0.15, 0.2) is 46.9 Å². The molecule has 6 nitrogen and oxygen atoms in total.